The van der Waals surface area contributed by atoms with Crippen LogP contribution in [0.15, 0.2) is 77.6 Å². The highest BCUT2D eigenvalue weighted by Gasteiger charge is 2.13. The first-order valence-electron chi connectivity index (χ1n) is 10.6. The third-order valence-electron chi connectivity index (χ3n) is 5.39. The summed E-state index contributed by atoms with van der Waals surface area (Å²) >= 11 is 0. The molecule has 31 heavy (non-hydrogen) atoms. The summed E-state index contributed by atoms with van der Waals surface area (Å²) in [7, 11) is 1.79. The maximum Gasteiger partial charge on any atom is 0.354 e. The van der Waals surface area contributed by atoms with Crippen LogP contribution in [0.5, 0.6) is 5.75 Å². The molecule has 0 radical (unpaired) electrons. The summed E-state index contributed by atoms with van der Waals surface area (Å²) in [5.74, 6) is 1.81. The van der Waals surface area contributed by atoms with Gasteiger partial charge in [-0.15, -0.1) is 0 Å². The van der Waals surface area contributed by atoms with Gasteiger partial charge in [0.25, 0.3) is 0 Å². The maximum absolute atomic E-state index is 13.0. The molecule has 0 aliphatic carbocycles. The lowest BCUT2D eigenvalue weighted by Gasteiger charge is -2.15. The van der Waals surface area contributed by atoms with E-state index in [4.69, 9.17) is 4.74 Å². The Balaban J connectivity index is 1.71. The second-order valence-electron chi connectivity index (χ2n) is 7.84. The van der Waals surface area contributed by atoms with Gasteiger partial charge in [0.1, 0.15) is 11.6 Å². The van der Waals surface area contributed by atoms with Crippen molar-refractivity contribution in [1.82, 2.24) is 9.55 Å². The van der Waals surface area contributed by atoms with Crippen molar-refractivity contribution in [2.75, 3.05) is 19.0 Å². The Labute approximate surface area is 182 Å². The largest absolute Gasteiger partial charge is 0.493 e. The molecule has 5 heteroatoms. The van der Waals surface area contributed by atoms with Crippen molar-refractivity contribution < 1.29 is 4.74 Å². The van der Waals surface area contributed by atoms with Gasteiger partial charge >= 0.3 is 5.69 Å². The Morgan fingerprint density at radius 1 is 1.00 bits per heavy atom. The molecular weight excluding hydrogens is 386 g/mol. The molecule has 0 saturated carbocycles. The van der Waals surface area contributed by atoms with Gasteiger partial charge < -0.3 is 10.1 Å². The Kier molecular flexibility index (Phi) is 6.03. The van der Waals surface area contributed by atoms with Gasteiger partial charge in [0.2, 0.25) is 0 Å². The van der Waals surface area contributed by atoms with E-state index >= 15 is 0 Å². The Morgan fingerprint density at radius 2 is 1.81 bits per heavy atom. The zero-order chi connectivity index (χ0) is 21.8. The highest BCUT2D eigenvalue weighted by molar-refractivity contribution is 5.90. The van der Waals surface area contributed by atoms with E-state index in [1.807, 2.05) is 54.6 Å². The van der Waals surface area contributed by atoms with Gasteiger partial charge in [-0.05, 0) is 53.4 Å². The lowest BCUT2D eigenvalue weighted by Crippen LogP contribution is -2.23. The fourth-order valence-corrected chi connectivity index (χ4v) is 3.70. The summed E-state index contributed by atoms with van der Waals surface area (Å²) in [5.41, 5.74) is 3.65. The average Bonchev–Trinajstić information content (AvgIpc) is 2.79. The summed E-state index contributed by atoms with van der Waals surface area (Å²) in [6.07, 6.45) is 0.745. The predicted octanol–water partition coefficient (Wildman–Crippen LogP) is 5.17. The first kappa shape index (κ1) is 20.7. The quantitative estimate of drug-likeness (QED) is 0.454. The minimum absolute atomic E-state index is 0.296. The molecule has 0 bridgehead atoms. The number of fused-ring (bicyclic) bond motifs is 1. The van der Waals surface area contributed by atoms with Crippen LogP contribution in [0.4, 0.5) is 5.82 Å². The summed E-state index contributed by atoms with van der Waals surface area (Å²) in [6.45, 7) is 4.87. The lowest BCUT2D eigenvalue weighted by molar-refractivity contribution is 0.322. The van der Waals surface area contributed by atoms with Gasteiger partial charge in [-0.2, -0.15) is 4.98 Å². The van der Waals surface area contributed by atoms with Crippen LogP contribution < -0.4 is 15.7 Å². The average molecular weight is 414 g/mol. The number of ether oxygens (including phenoxy) is 1. The van der Waals surface area contributed by atoms with Crippen LogP contribution in [0, 0.1) is 0 Å². The first-order chi connectivity index (χ1) is 15.1. The highest BCUT2D eigenvalue weighted by Crippen LogP contribution is 2.26. The van der Waals surface area contributed by atoms with Crippen molar-refractivity contribution in [3.8, 4) is 11.4 Å². The summed E-state index contributed by atoms with van der Waals surface area (Å²) in [5, 5.41) is 3.97. The van der Waals surface area contributed by atoms with E-state index in [0.29, 0.717) is 18.3 Å². The molecule has 0 amide bonds. The maximum atomic E-state index is 13.0. The van der Waals surface area contributed by atoms with Crippen LogP contribution in [0.3, 0.4) is 0 Å². The van der Waals surface area contributed by atoms with Crippen LogP contribution in [0.1, 0.15) is 30.9 Å². The van der Waals surface area contributed by atoms with Crippen molar-refractivity contribution in [3.63, 3.8) is 0 Å². The number of anilines is 1. The number of hydrogen-bond donors (Lipinski definition) is 1. The van der Waals surface area contributed by atoms with Gasteiger partial charge in [-0.1, -0.05) is 50.2 Å². The SMILES string of the molecule is CNc1nc(=O)n(-c2cccc(CCOc3ccccc3)c2)c2cc(C(C)C)ccc12. The van der Waals surface area contributed by atoms with Gasteiger partial charge in [-0.25, -0.2) is 4.79 Å². The molecule has 4 rings (SSSR count). The smallest absolute Gasteiger partial charge is 0.354 e. The third kappa shape index (κ3) is 4.45. The van der Waals surface area contributed by atoms with Crippen LogP contribution in [0.2, 0.25) is 0 Å². The van der Waals surface area contributed by atoms with Gasteiger partial charge in [0, 0.05) is 18.9 Å². The molecule has 5 nitrogen and oxygen atoms in total. The van der Waals surface area contributed by atoms with E-state index in [1.165, 1.54) is 5.56 Å². The van der Waals surface area contributed by atoms with Crippen LogP contribution >= 0.6 is 0 Å². The van der Waals surface area contributed by atoms with E-state index in [1.54, 1.807) is 11.6 Å². The summed E-state index contributed by atoms with van der Waals surface area (Å²) in [4.78, 5) is 17.3. The normalized spacial score (nSPS) is 11.1. The molecule has 0 atom stereocenters. The van der Waals surface area contributed by atoms with E-state index < -0.39 is 0 Å². The fourth-order valence-electron chi connectivity index (χ4n) is 3.70. The molecule has 0 unspecified atom stereocenters. The number of para-hydroxylation sites is 1. The third-order valence-corrected chi connectivity index (χ3v) is 5.39. The van der Waals surface area contributed by atoms with Crippen molar-refractivity contribution in [2.24, 2.45) is 0 Å². The molecule has 1 heterocycles. The van der Waals surface area contributed by atoms with Crippen molar-refractivity contribution in [2.45, 2.75) is 26.2 Å². The molecule has 1 N–H and O–H groups in total. The number of nitrogens with zero attached hydrogens (tertiary/aromatic N) is 2. The second kappa shape index (κ2) is 9.04. The zero-order valence-electron chi connectivity index (χ0n) is 18.1. The number of nitrogens with one attached hydrogen (secondary N) is 1. The van der Waals surface area contributed by atoms with E-state index in [2.05, 4.69) is 42.3 Å². The summed E-state index contributed by atoms with van der Waals surface area (Å²) in [6, 6.07) is 24.0. The first-order valence-corrected chi connectivity index (χ1v) is 10.6. The van der Waals surface area contributed by atoms with Crippen molar-refractivity contribution in [3.05, 3.63) is 94.4 Å². The van der Waals surface area contributed by atoms with E-state index in [9.17, 15) is 4.79 Å². The molecule has 0 aliphatic rings. The summed E-state index contributed by atoms with van der Waals surface area (Å²) < 4.78 is 7.53. The van der Waals surface area contributed by atoms with Crippen molar-refractivity contribution in [1.29, 1.82) is 0 Å². The molecule has 4 aromatic rings. The number of hydrogen-bond acceptors (Lipinski definition) is 4. The lowest BCUT2D eigenvalue weighted by atomic mass is 10.0. The highest BCUT2D eigenvalue weighted by atomic mass is 16.5. The second-order valence-corrected chi connectivity index (χ2v) is 7.84. The minimum Gasteiger partial charge on any atom is -0.493 e. The van der Waals surface area contributed by atoms with Gasteiger partial charge in [0.15, 0.2) is 0 Å². The van der Waals surface area contributed by atoms with E-state index in [-0.39, 0.29) is 5.69 Å². The molecular formula is C26H27N3O2. The monoisotopic (exact) mass is 413 g/mol. The molecule has 3 aromatic carbocycles. The fraction of sp³-hybridized carbons (Fsp3) is 0.231. The zero-order valence-corrected chi connectivity index (χ0v) is 18.1. The number of benzene rings is 3. The number of aromatic nitrogens is 2. The van der Waals surface area contributed by atoms with Gasteiger partial charge in [-0.3, -0.25) is 4.57 Å². The Morgan fingerprint density at radius 3 is 2.55 bits per heavy atom. The topological polar surface area (TPSA) is 56.2 Å². The van der Waals surface area contributed by atoms with Crippen LogP contribution in [0.25, 0.3) is 16.6 Å². The standard InChI is InChI=1S/C26H27N3O2/c1-18(2)20-12-13-23-24(17-20)29(26(30)28-25(23)27-3)21-9-7-8-19(16-21)14-15-31-22-10-5-4-6-11-22/h4-13,16-18H,14-15H2,1-3H3,(H,27,28,30). The van der Waals surface area contributed by atoms with Crippen LogP contribution in [-0.4, -0.2) is 23.2 Å². The van der Waals surface area contributed by atoms with Crippen molar-refractivity contribution >= 4 is 16.7 Å². The Hall–Kier alpha value is -3.60. The minimum atomic E-state index is -0.296. The van der Waals surface area contributed by atoms with E-state index in [0.717, 1.165) is 34.3 Å². The van der Waals surface area contributed by atoms with Crippen LogP contribution in [-0.2, 0) is 6.42 Å². The molecule has 0 fully saturated rings. The molecule has 0 aliphatic heterocycles. The number of rotatable bonds is 7. The van der Waals surface area contributed by atoms with Gasteiger partial charge in [0.05, 0.1) is 17.8 Å². The molecule has 158 valence electrons. The molecule has 1 aromatic heterocycles. The molecule has 0 saturated heterocycles. The predicted molar refractivity (Wildman–Crippen MR) is 127 cm³/mol. The Bertz CT molecular complexity index is 1250. The molecule has 0 spiro atoms.